The Labute approximate surface area is 131 Å². The number of carbonyl (C=O) groups is 2. The number of carboxylic acid groups (broad SMARTS) is 1. The smallest absolute Gasteiger partial charge is 0.326 e. The Morgan fingerprint density at radius 2 is 2.00 bits per heavy atom. The van der Waals surface area contributed by atoms with Crippen LogP contribution < -0.4 is 0 Å². The fourth-order valence-electron chi connectivity index (χ4n) is 2.70. The zero-order valence-electron chi connectivity index (χ0n) is 12.4. The first-order chi connectivity index (χ1) is 11.0. The van der Waals surface area contributed by atoms with Gasteiger partial charge in [-0.05, 0) is 44.0 Å². The number of rotatable bonds is 3. The Morgan fingerprint density at radius 3 is 2.65 bits per heavy atom. The van der Waals surface area contributed by atoms with Crippen molar-refractivity contribution in [2.24, 2.45) is 0 Å². The number of aromatic nitrogens is 3. The van der Waals surface area contributed by atoms with E-state index in [4.69, 9.17) is 5.11 Å². The third-order valence-electron chi connectivity index (χ3n) is 3.83. The molecular formula is C15H15FN4O3. The number of nitrogens with zero attached hydrogens (tertiary/aromatic N) is 4. The highest BCUT2D eigenvalue weighted by atomic mass is 19.1. The second-order valence-corrected chi connectivity index (χ2v) is 5.37. The molecule has 23 heavy (non-hydrogen) atoms. The van der Waals surface area contributed by atoms with Crippen LogP contribution in [0, 0.1) is 12.7 Å². The van der Waals surface area contributed by atoms with Crippen molar-refractivity contribution in [3.8, 4) is 5.69 Å². The Bertz CT molecular complexity index is 757. The van der Waals surface area contributed by atoms with Gasteiger partial charge in [-0.15, -0.1) is 5.10 Å². The summed E-state index contributed by atoms with van der Waals surface area (Å²) in [6.45, 7) is 2.05. The van der Waals surface area contributed by atoms with Crippen molar-refractivity contribution < 1.29 is 19.1 Å². The highest BCUT2D eigenvalue weighted by Gasteiger charge is 2.36. The van der Waals surface area contributed by atoms with E-state index in [1.807, 2.05) is 0 Å². The molecule has 3 rings (SSSR count). The molecule has 2 aromatic rings. The molecule has 2 heterocycles. The lowest BCUT2D eigenvalue weighted by atomic mass is 10.2. The van der Waals surface area contributed by atoms with Crippen molar-refractivity contribution in [3.63, 3.8) is 0 Å². The van der Waals surface area contributed by atoms with Crippen LogP contribution in [0.3, 0.4) is 0 Å². The van der Waals surface area contributed by atoms with Gasteiger partial charge in [0.1, 0.15) is 17.7 Å². The number of halogens is 1. The standard InChI is InChI=1S/C15H15FN4O3/c1-9-17-13(14(21)19-8-2-3-12(19)15(22)23)18-20(9)11-6-4-10(16)5-7-11/h4-7,12H,2-3,8H2,1H3,(H,22,23)/t12-/m1/s1. The molecule has 7 nitrogen and oxygen atoms in total. The lowest BCUT2D eigenvalue weighted by Gasteiger charge is -2.19. The zero-order chi connectivity index (χ0) is 16.6. The molecule has 1 aromatic carbocycles. The summed E-state index contributed by atoms with van der Waals surface area (Å²) >= 11 is 0. The maximum absolute atomic E-state index is 13.0. The number of amides is 1. The van der Waals surface area contributed by atoms with E-state index in [0.29, 0.717) is 30.9 Å². The van der Waals surface area contributed by atoms with Crippen molar-refractivity contribution in [1.82, 2.24) is 19.7 Å². The van der Waals surface area contributed by atoms with Crippen LogP contribution in [0.5, 0.6) is 0 Å². The first kappa shape index (κ1) is 15.1. The second-order valence-electron chi connectivity index (χ2n) is 5.37. The van der Waals surface area contributed by atoms with Crippen molar-refractivity contribution in [2.45, 2.75) is 25.8 Å². The van der Waals surface area contributed by atoms with Crippen molar-refractivity contribution >= 4 is 11.9 Å². The molecule has 1 aliphatic heterocycles. The Hall–Kier alpha value is -2.77. The second kappa shape index (κ2) is 5.79. The summed E-state index contributed by atoms with van der Waals surface area (Å²) in [7, 11) is 0. The summed E-state index contributed by atoms with van der Waals surface area (Å²) in [5.74, 6) is -1.49. The minimum Gasteiger partial charge on any atom is -0.480 e. The van der Waals surface area contributed by atoms with Gasteiger partial charge in [0, 0.05) is 6.54 Å². The van der Waals surface area contributed by atoms with Crippen LogP contribution in [-0.4, -0.2) is 49.2 Å². The van der Waals surface area contributed by atoms with Gasteiger partial charge < -0.3 is 10.0 Å². The minimum atomic E-state index is -1.02. The number of aliphatic carboxylic acids is 1. The van der Waals surface area contributed by atoms with Crippen LogP contribution in [0.4, 0.5) is 4.39 Å². The quantitative estimate of drug-likeness (QED) is 0.924. The summed E-state index contributed by atoms with van der Waals surface area (Å²) < 4.78 is 14.4. The van der Waals surface area contributed by atoms with E-state index >= 15 is 0 Å². The summed E-state index contributed by atoms with van der Waals surface area (Å²) in [5, 5.41) is 13.3. The molecule has 1 aromatic heterocycles. The van der Waals surface area contributed by atoms with E-state index < -0.39 is 17.9 Å². The SMILES string of the molecule is Cc1nc(C(=O)N2CCC[C@@H]2C(=O)O)nn1-c1ccc(F)cc1. The van der Waals surface area contributed by atoms with Crippen LogP contribution in [0.15, 0.2) is 24.3 Å². The third kappa shape index (κ3) is 2.79. The Morgan fingerprint density at radius 1 is 1.30 bits per heavy atom. The fourth-order valence-corrected chi connectivity index (χ4v) is 2.70. The summed E-state index contributed by atoms with van der Waals surface area (Å²) in [6.07, 6.45) is 1.07. The summed E-state index contributed by atoms with van der Waals surface area (Å²) in [5.41, 5.74) is 0.576. The highest BCUT2D eigenvalue weighted by Crippen LogP contribution is 2.20. The number of carboxylic acids is 1. The van der Waals surface area contributed by atoms with E-state index in [9.17, 15) is 14.0 Å². The van der Waals surface area contributed by atoms with Crippen LogP contribution in [0.25, 0.3) is 5.69 Å². The molecule has 0 unspecified atom stereocenters. The average Bonchev–Trinajstić information content (AvgIpc) is 3.14. The normalized spacial score (nSPS) is 17.5. The van der Waals surface area contributed by atoms with E-state index in [0.717, 1.165) is 0 Å². The van der Waals surface area contributed by atoms with Gasteiger partial charge in [0.15, 0.2) is 0 Å². The molecule has 0 spiro atoms. The van der Waals surface area contributed by atoms with Crippen molar-refractivity contribution in [2.75, 3.05) is 6.54 Å². The van der Waals surface area contributed by atoms with Gasteiger partial charge in [0.05, 0.1) is 5.69 Å². The van der Waals surface area contributed by atoms with Gasteiger partial charge in [0.25, 0.3) is 5.91 Å². The summed E-state index contributed by atoms with van der Waals surface area (Å²) in [6, 6.07) is 4.81. The molecule has 120 valence electrons. The Kier molecular flexibility index (Phi) is 3.81. The zero-order valence-corrected chi connectivity index (χ0v) is 12.4. The van der Waals surface area contributed by atoms with E-state index in [1.54, 1.807) is 6.92 Å². The molecular weight excluding hydrogens is 303 g/mol. The molecule has 1 aliphatic rings. The predicted molar refractivity (Wildman–Crippen MR) is 77.7 cm³/mol. The maximum Gasteiger partial charge on any atom is 0.326 e. The summed E-state index contributed by atoms with van der Waals surface area (Å²) in [4.78, 5) is 29.1. The molecule has 0 bridgehead atoms. The Balaban J connectivity index is 1.90. The number of aryl methyl sites for hydroxylation is 1. The number of carbonyl (C=O) groups excluding carboxylic acids is 1. The fraction of sp³-hybridized carbons (Fsp3) is 0.333. The topological polar surface area (TPSA) is 88.3 Å². The van der Waals surface area contributed by atoms with Gasteiger partial charge in [-0.3, -0.25) is 4.79 Å². The van der Waals surface area contributed by atoms with Crippen LogP contribution >= 0.6 is 0 Å². The average molecular weight is 318 g/mol. The molecule has 0 saturated carbocycles. The third-order valence-corrected chi connectivity index (χ3v) is 3.83. The van der Waals surface area contributed by atoms with Gasteiger partial charge in [0.2, 0.25) is 5.82 Å². The number of benzene rings is 1. The first-order valence-corrected chi connectivity index (χ1v) is 7.21. The monoisotopic (exact) mass is 318 g/mol. The molecule has 0 aliphatic carbocycles. The molecule has 8 heteroatoms. The van der Waals surface area contributed by atoms with Crippen LogP contribution in [0.1, 0.15) is 29.3 Å². The molecule has 1 fully saturated rings. The van der Waals surface area contributed by atoms with E-state index in [-0.39, 0.29) is 11.6 Å². The molecule has 1 saturated heterocycles. The largest absolute Gasteiger partial charge is 0.480 e. The van der Waals surface area contributed by atoms with Gasteiger partial charge in [-0.25, -0.2) is 18.9 Å². The first-order valence-electron chi connectivity index (χ1n) is 7.21. The predicted octanol–water partition coefficient (Wildman–Crippen LogP) is 1.40. The van der Waals surface area contributed by atoms with Crippen LogP contribution in [0.2, 0.25) is 0 Å². The molecule has 1 atom stereocenters. The number of hydrogen-bond acceptors (Lipinski definition) is 4. The maximum atomic E-state index is 13.0. The van der Waals surface area contributed by atoms with Crippen molar-refractivity contribution in [3.05, 3.63) is 41.7 Å². The number of hydrogen-bond donors (Lipinski definition) is 1. The number of likely N-dealkylation sites (tertiary alicyclic amines) is 1. The highest BCUT2D eigenvalue weighted by molar-refractivity contribution is 5.93. The lowest BCUT2D eigenvalue weighted by molar-refractivity contribution is -0.141. The van der Waals surface area contributed by atoms with Gasteiger partial charge in [-0.1, -0.05) is 0 Å². The minimum absolute atomic E-state index is 0.0556. The lowest BCUT2D eigenvalue weighted by Crippen LogP contribution is -2.40. The van der Waals surface area contributed by atoms with E-state index in [2.05, 4.69) is 10.1 Å². The van der Waals surface area contributed by atoms with Crippen molar-refractivity contribution in [1.29, 1.82) is 0 Å². The molecule has 1 N–H and O–H groups in total. The van der Waals surface area contributed by atoms with Gasteiger partial charge >= 0.3 is 5.97 Å². The molecule has 1 amide bonds. The molecule has 0 radical (unpaired) electrons. The van der Waals surface area contributed by atoms with Crippen LogP contribution in [-0.2, 0) is 4.79 Å². The van der Waals surface area contributed by atoms with E-state index in [1.165, 1.54) is 33.8 Å². The van der Waals surface area contributed by atoms with Gasteiger partial charge in [-0.2, -0.15) is 0 Å².